The predicted octanol–water partition coefficient (Wildman–Crippen LogP) is 2.97. The third-order valence-corrected chi connectivity index (χ3v) is 4.71. The maximum Gasteiger partial charge on any atom is 0.0728 e. The van der Waals surface area contributed by atoms with Crippen molar-refractivity contribution in [3.63, 3.8) is 0 Å². The van der Waals surface area contributed by atoms with E-state index < -0.39 is 0 Å². The fourth-order valence-electron chi connectivity index (χ4n) is 2.47. The summed E-state index contributed by atoms with van der Waals surface area (Å²) >= 11 is 3.74. The van der Waals surface area contributed by atoms with Crippen LogP contribution < -0.4 is 0 Å². The minimum Gasteiger partial charge on any atom is -0.249 e. The molecule has 15 heavy (non-hydrogen) atoms. The first-order valence-corrected chi connectivity index (χ1v) is 6.68. The van der Waals surface area contributed by atoms with Crippen molar-refractivity contribution in [3.8, 4) is 0 Å². The van der Waals surface area contributed by atoms with Crippen LogP contribution in [0, 0.1) is 5.92 Å². The normalized spacial score (nSPS) is 31.0. The highest BCUT2D eigenvalue weighted by Gasteiger charge is 2.34. The van der Waals surface area contributed by atoms with E-state index in [-0.39, 0.29) is 0 Å². The molecule has 3 unspecified atom stereocenters. The molecule has 0 radical (unpaired) electrons. The second kappa shape index (κ2) is 4.64. The van der Waals surface area contributed by atoms with E-state index in [1.165, 1.54) is 18.5 Å². The second-order valence-corrected chi connectivity index (χ2v) is 5.62. The van der Waals surface area contributed by atoms with Crippen LogP contribution in [0.2, 0.25) is 0 Å². The van der Waals surface area contributed by atoms with Crippen molar-refractivity contribution >= 4 is 15.9 Å². The van der Waals surface area contributed by atoms with Crippen LogP contribution in [0.5, 0.6) is 0 Å². The Morgan fingerprint density at radius 3 is 2.93 bits per heavy atom. The average Bonchev–Trinajstić information content (AvgIpc) is 2.77. The van der Waals surface area contributed by atoms with Crippen LogP contribution in [0.15, 0.2) is 6.20 Å². The Kier molecular flexibility index (Phi) is 3.44. The molecule has 3 nitrogen and oxygen atoms in total. The molecule has 0 N–H and O–H groups in total. The first kappa shape index (κ1) is 11.1. The maximum atomic E-state index is 4.16. The molecule has 84 valence electrons. The summed E-state index contributed by atoms with van der Waals surface area (Å²) in [5.74, 6) is 1.33. The molecule has 2 rings (SSSR count). The molecule has 0 amide bonds. The Balaban J connectivity index is 2.18. The second-order valence-electron chi connectivity index (χ2n) is 4.44. The summed E-state index contributed by atoms with van der Waals surface area (Å²) in [5, 5.41) is 8.20. The molecule has 1 saturated carbocycles. The number of aryl methyl sites for hydroxylation is 1. The number of rotatable bonds is 3. The summed E-state index contributed by atoms with van der Waals surface area (Å²) in [5.41, 5.74) is 1.33. The molecule has 0 saturated heterocycles. The lowest BCUT2D eigenvalue weighted by Gasteiger charge is -2.17. The molecule has 0 aliphatic heterocycles. The number of alkyl halides is 1. The third kappa shape index (κ3) is 2.10. The summed E-state index contributed by atoms with van der Waals surface area (Å²) < 4.78 is 2.08. The summed E-state index contributed by atoms with van der Waals surface area (Å²) in [6.07, 6.45) is 5.59. The zero-order valence-corrected chi connectivity index (χ0v) is 10.9. The van der Waals surface area contributed by atoms with Gasteiger partial charge >= 0.3 is 0 Å². The molecule has 0 spiro atoms. The average molecular weight is 272 g/mol. The van der Waals surface area contributed by atoms with Gasteiger partial charge in [0, 0.05) is 17.3 Å². The van der Waals surface area contributed by atoms with Gasteiger partial charge in [-0.05, 0) is 25.2 Å². The monoisotopic (exact) mass is 271 g/mol. The molecule has 1 aliphatic rings. The Morgan fingerprint density at radius 2 is 2.33 bits per heavy atom. The highest BCUT2D eigenvalue weighted by atomic mass is 79.9. The van der Waals surface area contributed by atoms with Gasteiger partial charge in [0.2, 0.25) is 0 Å². The molecular weight excluding hydrogens is 254 g/mol. The van der Waals surface area contributed by atoms with Crippen molar-refractivity contribution in [3.05, 3.63) is 11.9 Å². The van der Waals surface area contributed by atoms with Crippen LogP contribution in [0.4, 0.5) is 0 Å². The smallest absolute Gasteiger partial charge is 0.0728 e. The van der Waals surface area contributed by atoms with Crippen LogP contribution in [-0.2, 0) is 6.54 Å². The van der Waals surface area contributed by atoms with Gasteiger partial charge in [0.1, 0.15) is 0 Å². The van der Waals surface area contributed by atoms with Crippen LogP contribution in [0.3, 0.4) is 0 Å². The lowest BCUT2D eigenvalue weighted by molar-refractivity contribution is 0.474. The highest BCUT2D eigenvalue weighted by molar-refractivity contribution is 9.09. The zero-order valence-electron chi connectivity index (χ0n) is 9.36. The van der Waals surface area contributed by atoms with Crippen LogP contribution in [0.25, 0.3) is 0 Å². The fraction of sp³-hybridized carbons (Fsp3) is 0.818. The summed E-state index contributed by atoms with van der Waals surface area (Å²) in [4.78, 5) is 0.660. The maximum absolute atomic E-state index is 4.16. The first-order chi connectivity index (χ1) is 7.24. The standard InChI is InChI=1S/C11H18BrN3/c1-3-6-15-11(7-13-14-15)9-4-5-10(12)8(9)2/h7-10H,3-6H2,1-2H3. The van der Waals surface area contributed by atoms with E-state index in [1.807, 2.05) is 6.20 Å². The quantitative estimate of drug-likeness (QED) is 0.792. The number of aromatic nitrogens is 3. The van der Waals surface area contributed by atoms with Crippen molar-refractivity contribution in [2.45, 2.75) is 50.4 Å². The van der Waals surface area contributed by atoms with Gasteiger partial charge in [0.15, 0.2) is 0 Å². The largest absolute Gasteiger partial charge is 0.249 e. The van der Waals surface area contributed by atoms with Gasteiger partial charge in [-0.2, -0.15) is 0 Å². The number of hydrogen-bond acceptors (Lipinski definition) is 2. The number of halogens is 1. The Labute approximate surface area is 99.4 Å². The molecule has 1 aromatic heterocycles. The van der Waals surface area contributed by atoms with Gasteiger partial charge in [-0.3, -0.25) is 0 Å². The molecule has 1 heterocycles. The van der Waals surface area contributed by atoms with Crippen LogP contribution in [-0.4, -0.2) is 19.8 Å². The van der Waals surface area contributed by atoms with E-state index in [9.17, 15) is 0 Å². The van der Waals surface area contributed by atoms with Gasteiger partial charge in [0.25, 0.3) is 0 Å². The minimum absolute atomic E-state index is 0.635. The van der Waals surface area contributed by atoms with Crippen molar-refractivity contribution in [1.29, 1.82) is 0 Å². The SMILES string of the molecule is CCCn1nncc1C1CCC(Br)C1C. The van der Waals surface area contributed by atoms with Gasteiger partial charge in [-0.1, -0.05) is 35.0 Å². The summed E-state index contributed by atoms with van der Waals surface area (Å²) in [7, 11) is 0. The van der Waals surface area contributed by atoms with Crippen molar-refractivity contribution < 1.29 is 0 Å². The van der Waals surface area contributed by atoms with E-state index >= 15 is 0 Å². The topological polar surface area (TPSA) is 30.7 Å². The lowest BCUT2D eigenvalue weighted by Crippen LogP contribution is -2.14. The van der Waals surface area contributed by atoms with E-state index in [0.717, 1.165) is 13.0 Å². The van der Waals surface area contributed by atoms with Gasteiger partial charge < -0.3 is 0 Å². The predicted molar refractivity (Wildman–Crippen MR) is 64.2 cm³/mol. The van der Waals surface area contributed by atoms with Crippen molar-refractivity contribution in [2.75, 3.05) is 0 Å². The van der Waals surface area contributed by atoms with E-state index in [0.29, 0.717) is 16.7 Å². The molecule has 1 aromatic rings. The highest BCUT2D eigenvalue weighted by Crippen LogP contribution is 2.42. The third-order valence-electron chi connectivity index (χ3n) is 3.42. The van der Waals surface area contributed by atoms with Gasteiger partial charge in [-0.15, -0.1) is 5.10 Å². The number of hydrogen-bond donors (Lipinski definition) is 0. The molecule has 3 atom stereocenters. The molecule has 4 heteroatoms. The molecular formula is C11H18BrN3. The Hall–Kier alpha value is -0.380. The van der Waals surface area contributed by atoms with Crippen LogP contribution in [0.1, 0.15) is 44.7 Å². The first-order valence-electron chi connectivity index (χ1n) is 5.76. The lowest BCUT2D eigenvalue weighted by atomic mass is 9.95. The van der Waals surface area contributed by atoms with Crippen molar-refractivity contribution in [2.24, 2.45) is 5.92 Å². The van der Waals surface area contributed by atoms with Crippen LogP contribution >= 0.6 is 15.9 Å². The van der Waals surface area contributed by atoms with Crippen molar-refractivity contribution in [1.82, 2.24) is 15.0 Å². The van der Waals surface area contributed by atoms with Gasteiger partial charge in [-0.25, -0.2) is 4.68 Å². The number of nitrogens with zero attached hydrogens (tertiary/aromatic N) is 3. The van der Waals surface area contributed by atoms with E-state index in [4.69, 9.17) is 0 Å². The summed E-state index contributed by atoms with van der Waals surface area (Å²) in [6, 6.07) is 0. The fourth-order valence-corrected chi connectivity index (χ4v) is 3.11. The van der Waals surface area contributed by atoms with Gasteiger partial charge in [0.05, 0.1) is 11.9 Å². The summed E-state index contributed by atoms with van der Waals surface area (Å²) in [6.45, 7) is 5.49. The molecule has 0 aromatic carbocycles. The molecule has 0 bridgehead atoms. The van der Waals surface area contributed by atoms with E-state index in [1.54, 1.807) is 0 Å². The Morgan fingerprint density at radius 1 is 1.53 bits per heavy atom. The zero-order chi connectivity index (χ0) is 10.8. The van der Waals surface area contributed by atoms with E-state index in [2.05, 4.69) is 44.8 Å². The Bertz CT molecular complexity index is 323. The minimum atomic E-state index is 0.635. The molecule has 1 fully saturated rings. The molecule has 1 aliphatic carbocycles.